The van der Waals surface area contributed by atoms with Crippen LogP contribution in [0.4, 0.5) is 11.4 Å². The Hall–Kier alpha value is -2.71. The van der Waals surface area contributed by atoms with Crippen LogP contribution in [0.15, 0.2) is 53.4 Å². The number of amides is 2. The number of unbranched alkanes of at least 4 members (excludes halogenated alkanes) is 1. The van der Waals surface area contributed by atoms with Crippen LogP contribution in [0, 0.1) is 5.92 Å². The van der Waals surface area contributed by atoms with Crippen molar-refractivity contribution in [1.29, 1.82) is 0 Å². The molecule has 0 aliphatic carbocycles. The highest BCUT2D eigenvalue weighted by atomic mass is 32.2. The highest BCUT2D eigenvalue weighted by molar-refractivity contribution is 7.89. The Bertz CT molecular complexity index is 1030. The Labute approximate surface area is 190 Å². The van der Waals surface area contributed by atoms with Gasteiger partial charge in [-0.25, -0.2) is 8.42 Å². The third-order valence-corrected chi connectivity index (χ3v) is 7.59. The Morgan fingerprint density at radius 1 is 0.938 bits per heavy atom. The summed E-state index contributed by atoms with van der Waals surface area (Å²) in [5, 5.41) is 5.59. The van der Waals surface area contributed by atoms with E-state index in [1.54, 1.807) is 36.4 Å². The quantitative estimate of drug-likeness (QED) is 0.611. The number of carbonyl (C=O) groups excluding carboxylic acids is 2. The fraction of sp³-hybridized carbons (Fsp3) is 0.417. The lowest BCUT2D eigenvalue weighted by molar-refractivity contribution is -0.116. The Balaban J connectivity index is 1.59. The van der Waals surface area contributed by atoms with Gasteiger partial charge in [-0.1, -0.05) is 20.3 Å². The van der Waals surface area contributed by atoms with Gasteiger partial charge in [0.25, 0.3) is 5.91 Å². The molecule has 2 aromatic rings. The van der Waals surface area contributed by atoms with Crippen molar-refractivity contribution in [2.45, 2.75) is 50.8 Å². The maximum absolute atomic E-state index is 12.8. The number of nitrogens with zero attached hydrogens (tertiary/aromatic N) is 1. The van der Waals surface area contributed by atoms with E-state index in [0.29, 0.717) is 42.4 Å². The minimum Gasteiger partial charge on any atom is -0.326 e. The van der Waals surface area contributed by atoms with Gasteiger partial charge in [0.15, 0.2) is 0 Å². The second kappa shape index (κ2) is 10.7. The summed E-state index contributed by atoms with van der Waals surface area (Å²) in [6.07, 6.45) is 4.01. The zero-order valence-electron chi connectivity index (χ0n) is 18.6. The number of piperidine rings is 1. The molecule has 0 radical (unpaired) electrons. The number of rotatable bonds is 8. The van der Waals surface area contributed by atoms with Gasteiger partial charge in [-0.3, -0.25) is 9.59 Å². The van der Waals surface area contributed by atoms with Crippen molar-refractivity contribution in [2.75, 3.05) is 23.7 Å². The first-order valence-corrected chi connectivity index (χ1v) is 12.5. The third-order valence-electron chi connectivity index (χ3n) is 5.68. The predicted octanol–water partition coefficient (Wildman–Crippen LogP) is 4.49. The number of sulfonamides is 1. The molecule has 32 heavy (non-hydrogen) atoms. The van der Waals surface area contributed by atoms with Crippen molar-refractivity contribution in [2.24, 2.45) is 5.92 Å². The number of hydrogen-bond donors (Lipinski definition) is 2. The predicted molar refractivity (Wildman–Crippen MR) is 126 cm³/mol. The van der Waals surface area contributed by atoms with Gasteiger partial charge in [0, 0.05) is 36.4 Å². The molecular weight excluding hydrogens is 426 g/mol. The molecule has 8 heteroatoms. The molecule has 3 rings (SSSR count). The second-order valence-electron chi connectivity index (χ2n) is 8.29. The molecule has 0 atom stereocenters. The van der Waals surface area contributed by atoms with E-state index < -0.39 is 10.0 Å². The van der Waals surface area contributed by atoms with Gasteiger partial charge < -0.3 is 10.6 Å². The van der Waals surface area contributed by atoms with Crippen molar-refractivity contribution in [1.82, 2.24) is 4.31 Å². The average Bonchev–Trinajstić information content (AvgIpc) is 2.79. The van der Waals surface area contributed by atoms with Crippen LogP contribution in [0.5, 0.6) is 0 Å². The summed E-state index contributed by atoms with van der Waals surface area (Å²) in [4.78, 5) is 24.6. The third kappa shape index (κ3) is 6.17. The van der Waals surface area contributed by atoms with Gasteiger partial charge in [-0.05, 0) is 73.7 Å². The number of benzene rings is 2. The Morgan fingerprint density at radius 2 is 1.50 bits per heavy atom. The second-order valence-corrected chi connectivity index (χ2v) is 10.2. The first kappa shape index (κ1) is 23.9. The molecule has 1 aliphatic heterocycles. The van der Waals surface area contributed by atoms with Crippen molar-refractivity contribution in [3.63, 3.8) is 0 Å². The largest absolute Gasteiger partial charge is 0.326 e. The lowest BCUT2D eigenvalue weighted by Gasteiger charge is -2.29. The fourth-order valence-corrected chi connectivity index (χ4v) is 5.02. The van der Waals surface area contributed by atoms with E-state index in [1.807, 2.05) is 6.92 Å². The molecule has 1 aliphatic rings. The summed E-state index contributed by atoms with van der Waals surface area (Å²) in [6.45, 7) is 5.24. The monoisotopic (exact) mass is 457 g/mol. The lowest BCUT2D eigenvalue weighted by Crippen LogP contribution is -2.37. The molecule has 2 aromatic carbocycles. The molecule has 2 N–H and O–H groups in total. The van der Waals surface area contributed by atoms with Crippen LogP contribution in [0.1, 0.15) is 56.3 Å². The molecule has 1 saturated heterocycles. The van der Waals surface area contributed by atoms with Crippen LogP contribution in [0.25, 0.3) is 0 Å². The number of hydrogen-bond acceptors (Lipinski definition) is 4. The normalized spacial score (nSPS) is 15.3. The highest BCUT2D eigenvalue weighted by Crippen LogP contribution is 2.24. The van der Waals surface area contributed by atoms with E-state index in [9.17, 15) is 18.0 Å². The van der Waals surface area contributed by atoms with Crippen molar-refractivity contribution in [3.05, 3.63) is 54.1 Å². The van der Waals surface area contributed by atoms with Gasteiger partial charge >= 0.3 is 0 Å². The maximum atomic E-state index is 12.8. The molecule has 7 nitrogen and oxygen atoms in total. The smallest absolute Gasteiger partial charge is 0.255 e. The number of anilines is 2. The topological polar surface area (TPSA) is 95.6 Å². The molecule has 0 aromatic heterocycles. The summed E-state index contributed by atoms with van der Waals surface area (Å²) in [7, 11) is -3.52. The molecule has 0 bridgehead atoms. The summed E-state index contributed by atoms with van der Waals surface area (Å²) >= 11 is 0. The van der Waals surface area contributed by atoms with E-state index in [1.165, 1.54) is 16.4 Å². The molecule has 1 fully saturated rings. The van der Waals surface area contributed by atoms with E-state index in [-0.39, 0.29) is 16.7 Å². The van der Waals surface area contributed by atoms with E-state index in [4.69, 9.17) is 0 Å². The zero-order valence-corrected chi connectivity index (χ0v) is 19.5. The summed E-state index contributed by atoms with van der Waals surface area (Å²) < 4.78 is 27.2. The first-order valence-electron chi connectivity index (χ1n) is 11.1. The van der Waals surface area contributed by atoms with Gasteiger partial charge in [-0.2, -0.15) is 4.31 Å². The minimum absolute atomic E-state index is 0.0434. The van der Waals surface area contributed by atoms with Gasteiger partial charge in [0.2, 0.25) is 15.9 Å². The van der Waals surface area contributed by atoms with Crippen molar-refractivity contribution >= 4 is 33.2 Å². The van der Waals surface area contributed by atoms with Crippen molar-refractivity contribution in [3.8, 4) is 0 Å². The summed E-state index contributed by atoms with van der Waals surface area (Å²) in [5.74, 6) is 0.193. The zero-order chi connectivity index (χ0) is 23.1. The molecule has 1 heterocycles. The van der Waals surface area contributed by atoms with Crippen LogP contribution < -0.4 is 10.6 Å². The highest BCUT2D eigenvalue weighted by Gasteiger charge is 2.27. The average molecular weight is 458 g/mol. The van der Waals surface area contributed by atoms with Crippen LogP contribution in [-0.4, -0.2) is 37.6 Å². The molecular formula is C24H31N3O4S. The maximum Gasteiger partial charge on any atom is 0.255 e. The molecule has 0 unspecified atom stereocenters. The summed E-state index contributed by atoms with van der Waals surface area (Å²) in [5.41, 5.74) is 1.60. The number of nitrogens with one attached hydrogen (secondary N) is 2. The van der Waals surface area contributed by atoms with Crippen LogP contribution in [0.3, 0.4) is 0 Å². The van der Waals surface area contributed by atoms with E-state index >= 15 is 0 Å². The summed E-state index contributed by atoms with van der Waals surface area (Å²) in [6, 6.07) is 12.9. The minimum atomic E-state index is -3.52. The Kier molecular flexibility index (Phi) is 8.04. The van der Waals surface area contributed by atoms with Gasteiger partial charge in [0.05, 0.1) is 4.90 Å². The van der Waals surface area contributed by atoms with E-state index in [0.717, 1.165) is 25.7 Å². The van der Waals surface area contributed by atoms with Crippen molar-refractivity contribution < 1.29 is 18.0 Å². The van der Waals surface area contributed by atoms with Gasteiger partial charge in [0.1, 0.15) is 0 Å². The molecule has 0 saturated carbocycles. The van der Waals surface area contributed by atoms with Crippen LogP contribution in [0.2, 0.25) is 0 Å². The van der Waals surface area contributed by atoms with Crippen LogP contribution in [-0.2, 0) is 14.8 Å². The Morgan fingerprint density at radius 3 is 2.09 bits per heavy atom. The molecule has 2 amide bonds. The standard InChI is InChI=1S/C24H31N3O4S/c1-3-4-5-23(28)25-20-8-6-19(7-9-20)24(29)26-21-10-12-22(13-11-21)32(30,31)27-16-14-18(2)15-17-27/h6-13,18H,3-5,14-17H2,1-2H3,(H,25,28)(H,26,29). The lowest BCUT2D eigenvalue weighted by atomic mass is 10.0. The van der Waals surface area contributed by atoms with E-state index in [2.05, 4.69) is 17.6 Å². The first-order chi connectivity index (χ1) is 15.3. The SMILES string of the molecule is CCCCC(=O)Nc1ccc(C(=O)Nc2ccc(S(=O)(=O)N3CCC(C)CC3)cc2)cc1. The number of carbonyl (C=O) groups is 2. The van der Waals surface area contributed by atoms with Crippen LogP contribution >= 0.6 is 0 Å². The molecule has 172 valence electrons. The molecule has 0 spiro atoms. The fourth-order valence-electron chi connectivity index (χ4n) is 3.55. The van der Waals surface area contributed by atoms with Gasteiger partial charge in [-0.15, -0.1) is 0 Å².